The van der Waals surface area contributed by atoms with Gasteiger partial charge in [0.2, 0.25) is 0 Å². The van der Waals surface area contributed by atoms with Crippen LogP contribution >= 0.6 is 0 Å². The predicted molar refractivity (Wildman–Crippen MR) is 82.1 cm³/mol. The molecule has 0 aliphatic heterocycles. The summed E-state index contributed by atoms with van der Waals surface area (Å²) in [6, 6.07) is 5.98. The van der Waals surface area contributed by atoms with E-state index in [1.54, 1.807) is 31.2 Å². The first kappa shape index (κ1) is 17.8. The van der Waals surface area contributed by atoms with Gasteiger partial charge in [-0.2, -0.15) is 0 Å². The van der Waals surface area contributed by atoms with E-state index in [1.165, 1.54) is 0 Å². The lowest BCUT2D eigenvalue weighted by Crippen LogP contribution is -2.46. The van der Waals surface area contributed by atoms with Gasteiger partial charge in [-0.05, 0) is 37.1 Å². The van der Waals surface area contributed by atoms with Gasteiger partial charge in [0.1, 0.15) is 17.5 Å². The summed E-state index contributed by atoms with van der Waals surface area (Å²) in [5, 5.41) is 11.6. The quantitative estimate of drug-likeness (QED) is 0.729. The number of carbonyl (C=O) groups excluding carboxylic acids is 1. The van der Waals surface area contributed by atoms with E-state index in [4.69, 9.17) is 14.6 Å². The van der Waals surface area contributed by atoms with Crippen molar-refractivity contribution in [3.05, 3.63) is 24.3 Å². The van der Waals surface area contributed by atoms with E-state index in [2.05, 4.69) is 5.32 Å². The van der Waals surface area contributed by atoms with Crippen molar-refractivity contribution in [3.63, 3.8) is 0 Å². The second kappa shape index (κ2) is 8.92. The molecule has 0 fully saturated rings. The van der Waals surface area contributed by atoms with Crippen LogP contribution < -0.4 is 14.8 Å². The number of carboxylic acid groups (broad SMARTS) is 1. The Labute approximate surface area is 130 Å². The largest absolute Gasteiger partial charge is 0.494 e. The number of benzene rings is 1. The lowest BCUT2D eigenvalue weighted by molar-refractivity contribution is -0.143. The molecule has 0 aliphatic rings. The van der Waals surface area contributed by atoms with Crippen molar-refractivity contribution in [2.24, 2.45) is 5.92 Å². The highest BCUT2D eigenvalue weighted by atomic mass is 16.5. The summed E-state index contributed by atoms with van der Waals surface area (Å²) >= 11 is 0. The molecule has 0 heterocycles. The number of ether oxygens (including phenoxy) is 2. The van der Waals surface area contributed by atoms with Gasteiger partial charge in [-0.25, -0.2) is 4.79 Å². The van der Waals surface area contributed by atoms with Gasteiger partial charge in [0.25, 0.3) is 5.91 Å². The van der Waals surface area contributed by atoms with Gasteiger partial charge >= 0.3 is 5.97 Å². The van der Waals surface area contributed by atoms with E-state index >= 15 is 0 Å². The third kappa shape index (κ3) is 5.63. The smallest absolute Gasteiger partial charge is 0.326 e. The Morgan fingerprint density at radius 3 is 2.14 bits per heavy atom. The molecule has 1 aromatic carbocycles. The molecule has 2 unspecified atom stereocenters. The predicted octanol–water partition coefficient (Wildman–Crippen LogP) is 2.08. The van der Waals surface area contributed by atoms with Crippen molar-refractivity contribution < 1.29 is 24.2 Å². The van der Waals surface area contributed by atoms with Crippen molar-refractivity contribution in [1.82, 2.24) is 5.32 Å². The Kier molecular flexibility index (Phi) is 7.22. The van der Waals surface area contributed by atoms with E-state index in [-0.39, 0.29) is 12.5 Å². The Hall–Kier alpha value is -2.24. The Morgan fingerprint density at radius 2 is 1.68 bits per heavy atom. The molecule has 0 aliphatic carbocycles. The number of aliphatic carboxylic acids is 1. The Morgan fingerprint density at radius 1 is 1.14 bits per heavy atom. The topological polar surface area (TPSA) is 84.9 Å². The molecule has 6 nitrogen and oxygen atoms in total. The third-order valence-electron chi connectivity index (χ3n) is 3.30. The maximum absolute atomic E-state index is 11.8. The third-order valence-corrected chi connectivity index (χ3v) is 3.30. The van der Waals surface area contributed by atoms with Gasteiger partial charge in [0.15, 0.2) is 6.61 Å². The molecule has 0 aromatic heterocycles. The average molecular weight is 309 g/mol. The molecule has 0 saturated carbocycles. The van der Waals surface area contributed by atoms with E-state index in [1.807, 2.05) is 13.8 Å². The zero-order valence-corrected chi connectivity index (χ0v) is 13.2. The van der Waals surface area contributed by atoms with Crippen LogP contribution in [0.5, 0.6) is 11.5 Å². The molecule has 122 valence electrons. The van der Waals surface area contributed by atoms with Crippen molar-refractivity contribution in [2.45, 2.75) is 33.2 Å². The number of nitrogens with one attached hydrogen (secondary N) is 1. The van der Waals surface area contributed by atoms with Gasteiger partial charge in [-0.15, -0.1) is 0 Å². The molecule has 1 rings (SSSR count). The van der Waals surface area contributed by atoms with Crippen LogP contribution in [-0.2, 0) is 9.59 Å². The standard InChI is InChI=1S/C16H23NO5/c1-4-11(3)15(16(19)20)17-14(18)10-22-13-8-6-12(7-9-13)21-5-2/h6-9,11,15H,4-5,10H2,1-3H3,(H,17,18)(H,19,20). The maximum atomic E-state index is 11.8. The highest BCUT2D eigenvalue weighted by Gasteiger charge is 2.25. The molecule has 1 aromatic rings. The number of rotatable bonds is 9. The van der Waals surface area contributed by atoms with Crippen LogP contribution in [0, 0.1) is 5.92 Å². The summed E-state index contributed by atoms with van der Waals surface area (Å²) in [4.78, 5) is 22.9. The van der Waals surface area contributed by atoms with Gasteiger partial charge in [-0.1, -0.05) is 20.3 Å². The number of carbonyl (C=O) groups is 2. The van der Waals surface area contributed by atoms with Crippen LogP contribution in [0.25, 0.3) is 0 Å². The molecular weight excluding hydrogens is 286 g/mol. The van der Waals surface area contributed by atoms with Crippen LogP contribution in [0.4, 0.5) is 0 Å². The van der Waals surface area contributed by atoms with Crippen molar-refractivity contribution in [2.75, 3.05) is 13.2 Å². The highest BCUT2D eigenvalue weighted by Crippen LogP contribution is 2.17. The second-order valence-electron chi connectivity index (χ2n) is 4.96. The summed E-state index contributed by atoms with van der Waals surface area (Å²) < 4.78 is 10.6. The van der Waals surface area contributed by atoms with Gasteiger partial charge in [0.05, 0.1) is 6.61 Å². The fourth-order valence-corrected chi connectivity index (χ4v) is 1.85. The van der Waals surface area contributed by atoms with Crippen LogP contribution in [0.1, 0.15) is 27.2 Å². The first-order valence-corrected chi connectivity index (χ1v) is 7.35. The second-order valence-corrected chi connectivity index (χ2v) is 4.96. The summed E-state index contributed by atoms with van der Waals surface area (Å²) in [7, 11) is 0. The van der Waals surface area contributed by atoms with E-state index in [9.17, 15) is 9.59 Å². The molecule has 0 radical (unpaired) electrons. The van der Waals surface area contributed by atoms with Crippen molar-refractivity contribution in [3.8, 4) is 11.5 Å². The molecular formula is C16H23NO5. The molecule has 0 spiro atoms. The maximum Gasteiger partial charge on any atom is 0.326 e. The lowest BCUT2D eigenvalue weighted by Gasteiger charge is -2.20. The van der Waals surface area contributed by atoms with Gasteiger partial charge in [-0.3, -0.25) is 4.79 Å². The lowest BCUT2D eigenvalue weighted by atomic mass is 9.99. The van der Waals surface area contributed by atoms with Crippen LogP contribution in [0.3, 0.4) is 0 Å². The van der Waals surface area contributed by atoms with Gasteiger partial charge < -0.3 is 19.9 Å². The van der Waals surface area contributed by atoms with Gasteiger partial charge in [0, 0.05) is 0 Å². The molecule has 2 atom stereocenters. The fourth-order valence-electron chi connectivity index (χ4n) is 1.85. The van der Waals surface area contributed by atoms with E-state index in [0.29, 0.717) is 18.8 Å². The van der Waals surface area contributed by atoms with Crippen molar-refractivity contribution in [1.29, 1.82) is 0 Å². The van der Waals surface area contributed by atoms with E-state index in [0.717, 1.165) is 5.75 Å². The Balaban J connectivity index is 2.49. The molecule has 1 amide bonds. The van der Waals surface area contributed by atoms with Crippen LogP contribution in [-0.4, -0.2) is 36.2 Å². The zero-order chi connectivity index (χ0) is 16.5. The van der Waals surface area contributed by atoms with E-state index < -0.39 is 17.9 Å². The zero-order valence-electron chi connectivity index (χ0n) is 13.2. The molecule has 6 heteroatoms. The molecule has 2 N–H and O–H groups in total. The molecule has 22 heavy (non-hydrogen) atoms. The highest BCUT2D eigenvalue weighted by molar-refractivity contribution is 5.84. The number of amides is 1. The minimum absolute atomic E-state index is 0.146. The summed E-state index contributed by atoms with van der Waals surface area (Å²) in [6.45, 7) is 5.91. The first-order valence-electron chi connectivity index (χ1n) is 7.35. The Bertz CT molecular complexity index is 486. The number of hydrogen-bond acceptors (Lipinski definition) is 4. The SMILES string of the molecule is CCOc1ccc(OCC(=O)NC(C(=O)O)C(C)CC)cc1. The van der Waals surface area contributed by atoms with Crippen molar-refractivity contribution >= 4 is 11.9 Å². The number of hydrogen-bond donors (Lipinski definition) is 2. The van der Waals surface area contributed by atoms with Crippen LogP contribution in [0.2, 0.25) is 0 Å². The monoisotopic (exact) mass is 309 g/mol. The fraction of sp³-hybridized carbons (Fsp3) is 0.500. The van der Waals surface area contributed by atoms with Crippen LogP contribution in [0.15, 0.2) is 24.3 Å². The number of carboxylic acids is 1. The minimum Gasteiger partial charge on any atom is -0.494 e. The first-order chi connectivity index (χ1) is 10.5. The normalized spacial score (nSPS) is 13.0. The molecule has 0 bridgehead atoms. The molecule has 0 saturated heterocycles. The average Bonchev–Trinajstić information content (AvgIpc) is 2.51. The minimum atomic E-state index is -1.04. The summed E-state index contributed by atoms with van der Waals surface area (Å²) in [5.74, 6) is -0.395. The summed E-state index contributed by atoms with van der Waals surface area (Å²) in [5.41, 5.74) is 0. The summed E-state index contributed by atoms with van der Waals surface area (Å²) in [6.07, 6.45) is 0.664.